The maximum absolute atomic E-state index is 13.2. The number of carbonyl (C=O) groups excluding carboxylic acids is 8. The molecule has 4 N–H and O–H groups in total. The normalized spacial score (nSPS) is 11.6. The summed E-state index contributed by atoms with van der Waals surface area (Å²) >= 11 is 5.91. The molecule has 0 bridgehead atoms. The maximum Gasteiger partial charge on any atom is 0.407 e. The number of esters is 4. The summed E-state index contributed by atoms with van der Waals surface area (Å²) in [4.78, 5) is 103. The van der Waals surface area contributed by atoms with E-state index < -0.39 is 72.7 Å². The van der Waals surface area contributed by atoms with Crippen LogP contribution in [0.5, 0.6) is 23.0 Å². The largest absolute Gasteiger partial charge is 0.490 e. The molecule has 0 aliphatic carbocycles. The van der Waals surface area contributed by atoms with Crippen LogP contribution in [0.4, 0.5) is 19.2 Å². The molecule has 0 saturated carbocycles. The number of rotatable bonds is 48. The third-order valence-electron chi connectivity index (χ3n) is 15.5. The van der Waals surface area contributed by atoms with Gasteiger partial charge in [0.1, 0.15) is 100 Å². The van der Waals surface area contributed by atoms with Crippen LogP contribution >= 0.6 is 47.0 Å². The summed E-state index contributed by atoms with van der Waals surface area (Å²) < 4.78 is 69.4. The number of hydrogen-bond acceptors (Lipinski definition) is 24. The molecule has 8 rings (SSSR count). The second-order valence-electron chi connectivity index (χ2n) is 23.9. The van der Waals surface area contributed by atoms with Crippen molar-refractivity contribution in [3.8, 4) is 23.0 Å². The summed E-state index contributed by atoms with van der Waals surface area (Å²) in [5.41, 5.74) is 4.30. The molecule has 0 aliphatic heterocycles. The average Bonchev–Trinajstić information content (AvgIpc) is 0.778. The van der Waals surface area contributed by atoms with Crippen molar-refractivity contribution in [1.82, 2.24) is 21.3 Å². The SMILES string of the molecule is C=CC(=O)OCCNC(=O)OC(COc1ccc(C(=C(c2ccc(OCC(CSc3ccccc3)OC(=O)NCCOC(=O)C=C)cc2)c2ccc(OCC(CSc3ccccc3)OC(=O)NCCOC(=O)C=C)cc2)c2ccc(OCC(CSc3ccccc3)OC(=O)NCCOC(=O)C=C)cc2)cc1)CSc1ccccc1. The van der Waals surface area contributed by atoms with Gasteiger partial charge in [0, 0.05) is 66.9 Å². The Kier molecular flexibility index (Phi) is 38.5. The quantitative estimate of drug-likeness (QED) is 0.00688. The van der Waals surface area contributed by atoms with E-state index in [0.29, 0.717) is 68.3 Å². The van der Waals surface area contributed by atoms with Gasteiger partial charge in [0.2, 0.25) is 0 Å². The highest BCUT2D eigenvalue weighted by Crippen LogP contribution is 2.40. The monoisotopic (exact) mass is 1620 g/mol. The van der Waals surface area contributed by atoms with E-state index in [-0.39, 0.29) is 79.0 Å². The molecule has 24 nitrogen and oxygen atoms in total. The van der Waals surface area contributed by atoms with Gasteiger partial charge in [-0.05, 0) is 130 Å². The van der Waals surface area contributed by atoms with Gasteiger partial charge in [0.05, 0.1) is 26.2 Å². The van der Waals surface area contributed by atoms with Gasteiger partial charge < -0.3 is 78.1 Å². The molecule has 4 amide bonds. The molecular formula is C86H88N4O20S4. The van der Waals surface area contributed by atoms with Crippen molar-refractivity contribution in [3.63, 3.8) is 0 Å². The summed E-state index contributed by atoms with van der Waals surface area (Å²) in [5.74, 6) is 0.552. The van der Waals surface area contributed by atoms with E-state index in [1.807, 2.05) is 218 Å². The molecule has 8 aromatic carbocycles. The van der Waals surface area contributed by atoms with Crippen molar-refractivity contribution in [2.24, 2.45) is 0 Å². The van der Waals surface area contributed by atoms with Gasteiger partial charge in [0.25, 0.3) is 0 Å². The highest BCUT2D eigenvalue weighted by atomic mass is 32.2. The lowest BCUT2D eigenvalue weighted by Crippen LogP contribution is -2.35. The van der Waals surface area contributed by atoms with E-state index in [9.17, 15) is 38.4 Å². The van der Waals surface area contributed by atoms with E-state index in [1.165, 1.54) is 47.0 Å². The number of alkyl carbamates (subject to hydrolysis) is 4. The van der Waals surface area contributed by atoms with Crippen molar-refractivity contribution in [1.29, 1.82) is 0 Å². The first-order valence-corrected chi connectivity index (χ1v) is 39.9. The van der Waals surface area contributed by atoms with Crippen molar-refractivity contribution in [3.05, 3.63) is 291 Å². The lowest BCUT2D eigenvalue weighted by Gasteiger charge is -2.21. The molecule has 8 aromatic rings. The molecule has 0 aromatic heterocycles. The predicted molar refractivity (Wildman–Crippen MR) is 439 cm³/mol. The van der Waals surface area contributed by atoms with Crippen LogP contribution in [0.25, 0.3) is 11.1 Å². The number of amides is 4. The van der Waals surface area contributed by atoms with Gasteiger partial charge in [-0.2, -0.15) is 0 Å². The van der Waals surface area contributed by atoms with Gasteiger partial charge in [-0.25, -0.2) is 38.4 Å². The van der Waals surface area contributed by atoms with Gasteiger partial charge >= 0.3 is 48.3 Å². The van der Waals surface area contributed by atoms with E-state index in [0.717, 1.165) is 55.0 Å². The Labute approximate surface area is 679 Å². The van der Waals surface area contributed by atoms with E-state index >= 15 is 0 Å². The number of thioether (sulfide) groups is 4. The molecule has 0 saturated heterocycles. The van der Waals surface area contributed by atoms with Gasteiger partial charge in [0.15, 0.2) is 0 Å². The van der Waals surface area contributed by atoms with Crippen LogP contribution in [0.1, 0.15) is 22.3 Å². The van der Waals surface area contributed by atoms with Crippen LogP contribution in [0, 0.1) is 0 Å². The number of carbonyl (C=O) groups is 8. The number of nitrogens with one attached hydrogen (secondary N) is 4. The summed E-state index contributed by atoms with van der Waals surface area (Å²) in [6.45, 7) is 13.0. The van der Waals surface area contributed by atoms with Crippen molar-refractivity contribution in [2.75, 3.05) is 102 Å². The fourth-order valence-electron chi connectivity index (χ4n) is 10.1. The molecule has 0 heterocycles. The number of ether oxygens (including phenoxy) is 12. The van der Waals surface area contributed by atoms with Crippen LogP contribution in [-0.4, -0.2) is 175 Å². The van der Waals surface area contributed by atoms with E-state index in [1.54, 1.807) is 0 Å². The molecule has 596 valence electrons. The molecular weight excluding hydrogens is 1540 g/mol. The molecule has 0 fully saturated rings. The van der Waals surface area contributed by atoms with Crippen LogP contribution in [0.3, 0.4) is 0 Å². The van der Waals surface area contributed by atoms with Crippen molar-refractivity contribution in [2.45, 2.75) is 44.0 Å². The Morgan fingerprint density at radius 1 is 0.281 bits per heavy atom. The molecule has 4 unspecified atom stereocenters. The lowest BCUT2D eigenvalue weighted by molar-refractivity contribution is -0.138. The third kappa shape index (κ3) is 33.1. The van der Waals surface area contributed by atoms with Gasteiger partial charge in [-0.15, -0.1) is 47.0 Å². The highest BCUT2D eigenvalue weighted by molar-refractivity contribution is 8.00. The lowest BCUT2D eigenvalue weighted by atomic mass is 9.85. The zero-order valence-corrected chi connectivity index (χ0v) is 65.6. The van der Waals surface area contributed by atoms with Crippen LogP contribution < -0.4 is 40.2 Å². The summed E-state index contributed by atoms with van der Waals surface area (Å²) in [7, 11) is 0. The minimum absolute atomic E-state index is 0.00645. The Morgan fingerprint density at radius 3 is 0.658 bits per heavy atom. The molecule has 0 radical (unpaired) electrons. The van der Waals surface area contributed by atoms with E-state index in [2.05, 4.69) is 47.6 Å². The second kappa shape index (κ2) is 50.1. The fraction of sp³-hybridized carbons (Fsp3) is 0.233. The van der Waals surface area contributed by atoms with Crippen LogP contribution in [-0.2, 0) is 57.1 Å². The summed E-state index contributed by atoms with van der Waals surface area (Å²) in [6.07, 6.45) is -1.87. The second-order valence-corrected chi connectivity index (χ2v) is 28.3. The standard InChI is InChI=1S/C86H88N4O20S4/c1-5-77(91)99-49-45-87-83(95)107-69(57-111-73-21-13-9-14-22-73)53-103-65-37-29-61(30-38-65)81(62-31-39-66(40-32-62)104-54-70(58-112-74-23-15-10-16-24-74)108-84(96)88-46-50-100-78(92)6-2)82(63-33-41-67(42-34-63)105-55-71(59-113-75-25-17-11-18-26-75)109-85(97)89-47-51-101-79(93)7-3)64-35-43-68(44-36-64)106-56-72(60-114-76-27-19-12-20-28-76)110-86(98)90-48-52-102-80(94)8-4/h5-44,69-72H,1-4,45-60H2,(H,87,95)(H,88,96)(H,89,97)(H,90,98). The summed E-state index contributed by atoms with van der Waals surface area (Å²) in [6, 6.07) is 68.2. The van der Waals surface area contributed by atoms with Crippen LogP contribution in [0.15, 0.2) is 289 Å². The molecule has 114 heavy (non-hydrogen) atoms. The van der Waals surface area contributed by atoms with Crippen LogP contribution in [0.2, 0.25) is 0 Å². The first-order chi connectivity index (χ1) is 55.6. The molecule has 0 spiro atoms. The van der Waals surface area contributed by atoms with Gasteiger partial charge in [-0.3, -0.25) is 0 Å². The molecule has 28 heteroatoms. The minimum Gasteiger partial charge on any atom is -0.490 e. The highest BCUT2D eigenvalue weighted by Gasteiger charge is 2.24. The number of benzene rings is 8. The zero-order chi connectivity index (χ0) is 80.8. The molecule has 4 atom stereocenters. The third-order valence-corrected chi connectivity index (χ3v) is 20.1. The van der Waals surface area contributed by atoms with Gasteiger partial charge in [-0.1, -0.05) is 148 Å². The Bertz CT molecular complexity index is 3840. The fourth-order valence-corrected chi connectivity index (χ4v) is 13.6. The minimum atomic E-state index is -0.759. The van der Waals surface area contributed by atoms with Crippen molar-refractivity contribution < 1.29 is 95.2 Å². The first kappa shape index (κ1) is 87.6. The Morgan fingerprint density at radius 2 is 0.474 bits per heavy atom. The molecule has 0 aliphatic rings. The Hall–Kier alpha value is -12.0. The summed E-state index contributed by atoms with van der Waals surface area (Å²) in [5, 5.41) is 10.5. The van der Waals surface area contributed by atoms with Crippen molar-refractivity contribution >= 4 is 106 Å². The Balaban J connectivity index is 1.16. The van der Waals surface area contributed by atoms with E-state index in [4.69, 9.17) is 56.8 Å². The number of hydrogen-bond donors (Lipinski definition) is 4. The topological polar surface area (TPSA) is 295 Å². The zero-order valence-electron chi connectivity index (χ0n) is 62.3. The maximum atomic E-state index is 13.2. The smallest absolute Gasteiger partial charge is 0.407 e. The first-order valence-electron chi connectivity index (χ1n) is 36.0. The predicted octanol–water partition coefficient (Wildman–Crippen LogP) is 14.7. The average molecular weight is 1630 g/mol.